The van der Waals surface area contributed by atoms with Crippen LogP contribution in [0.2, 0.25) is 5.02 Å². The topological polar surface area (TPSA) is 39.1 Å². The highest BCUT2D eigenvalue weighted by Crippen LogP contribution is 2.30. The predicted molar refractivity (Wildman–Crippen MR) is 75.4 cm³/mol. The minimum Gasteiger partial charge on any atom is -0.497 e. The van der Waals surface area contributed by atoms with Gasteiger partial charge in [0.15, 0.2) is 0 Å². The Hall–Kier alpha value is -1.52. The van der Waals surface area contributed by atoms with Crippen LogP contribution < -0.4 is 10.1 Å². The molecular weight excluding hydrogens is 262 g/mol. The van der Waals surface area contributed by atoms with E-state index in [0.29, 0.717) is 10.9 Å². The number of nitrogens with one attached hydrogen (secondary N) is 1. The maximum atomic E-state index is 6.30. The lowest BCUT2D eigenvalue weighted by Crippen LogP contribution is -2.11. The van der Waals surface area contributed by atoms with Gasteiger partial charge in [0.05, 0.1) is 24.1 Å². The van der Waals surface area contributed by atoms with E-state index in [4.69, 9.17) is 16.3 Å². The van der Waals surface area contributed by atoms with Crippen LogP contribution in [0.3, 0.4) is 0 Å². The van der Waals surface area contributed by atoms with Gasteiger partial charge in [-0.05, 0) is 25.1 Å². The van der Waals surface area contributed by atoms with E-state index < -0.39 is 0 Å². The summed E-state index contributed by atoms with van der Waals surface area (Å²) in [5, 5.41) is 4.08. The van der Waals surface area contributed by atoms with Gasteiger partial charge in [-0.2, -0.15) is 0 Å². The summed E-state index contributed by atoms with van der Waals surface area (Å²) in [5.74, 6) is 1.29. The van der Waals surface area contributed by atoms with Gasteiger partial charge in [-0.15, -0.1) is 0 Å². The molecular formula is C14H16ClN3O. The largest absolute Gasteiger partial charge is 0.497 e. The Morgan fingerprint density at radius 3 is 3.11 bits per heavy atom. The van der Waals surface area contributed by atoms with Crippen LogP contribution in [-0.2, 0) is 0 Å². The third-order valence-corrected chi connectivity index (χ3v) is 3.88. The molecule has 0 spiro atoms. The standard InChI is InChI=1S/C14H16ClN3O/c1-19-11-2-3-12(15)13(6-11)18-9-17-8-14(18)10-4-5-16-7-10/h2-3,6,8-10,16H,4-5,7H2,1H3. The fourth-order valence-electron chi connectivity index (χ4n) is 2.52. The predicted octanol–water partition coefficient (Wildman–Crippen LogP) is 2.61. The zero-order valence-corrected chi connectivity index (χ0v) is 11.5. The molecule has 0 saturated carbocycles. The number of hydrogen-bond donors (Lipinski definition) is 1. The number of ether oxygens (including phenoxy) is 1. The van der Waals surface area contributed by atoms with Gasteiger partial charge < -0.3 is 14.6 Å². The number of hydrogen-bond acceptors (Lipinski definition) is 3. The molecule has 0 bridgehead atoms. The van der Waals surface area contributed by atoms with Crippen LogP contribution in [0.4, 0.5) is 0 Å². The lowest BCUT2D eigenvalue weighted by atomic mass is 10.1. The van der Waals surface area contributed by atoms with E-state index in [2.05, 4.69) is 14.9 Å². The highest BCUT2D eigenvalue weighted by molar-refractivity contribution is 6.32. The number of methoxy groups -OCH3 is 1. The first-order valence-corrected chi connectivity index (χ1v) is 6.74. The number of rotatable bonds is 3. The molecule has 1 aliphatic heterocycles. The fraction of sp³-hybridized carbons (Fsp3) is 0.357. The molecule has 100 valence electrons. The average Bonchev–Trinajstić information content (AvgIpc) is 3.09. The second-order valence-corrected chi connectivity index (χ2v) is 5.10. The minimum atomic E-state index is 0.491. The highest BCUT2D eigenvalue weighted by atomic mass is 35.5. The van der Waals surface area contributed by atoms with Crippen LogP contribution in [0, 0.1) is 0 Å². The van der Waals surface area contributed by atoms with Crippen molar-refractivity contribution in [1.82, 2.24) is 14.9 Å². The first kappa shape index (κ1) is 12.5. The fourth-order valence-corrected chi connectivity index (χ4v) is 2.73. The average molecular weight is 278 g/mol. The molecule has 5 heteroatoms. The molecule has 1 aliphatic rings. The Labute approximate surface area is 117 Å². The van der Waals surface area contributed by atoms with E-state index in [0.717, 1.165) is 30.9 Å². The van der Waals surface area contributed by atoms with Gasteiger partial charge in [0.2, 0.25) is 0 Å². The molecule has 1 aromatic carbocycles. The molecule has 1 unspecified atom stereocenters. The van der Waals surface area contributed by atoms with E-state index in [-0.39, 0.29) is 0 Å². The Morgan fingerprint density at radius 2 is 2.37 bits per heavy atom. The summed E-state index contributed by atoms with van der Waals surface area (Å²) in [7, 11) is 1.66. The monoisotopic (exact) mass is 277 g/mol. The molecule has 2 heterocycles. The lowest BCUT2D eigenvalue weighted by molar-refractivity contribution is 0.414. The molecule has 3 rings (SSSR count). The van der Waals surface area contributed by atoms with Crippen LogP contribution in [0.1, 0.15) is 18.0 Å². The van der Waals surface area contributed by atoms with Gasteiger partial charge in [-0.25, -0.2) is 4.98 Å². The van der Waals surface area contributed by atoms with Crippen molar-refractivity contribution in [2.75, 3.05) is 20.2 Å². The summed E-state index contributed by atoms with van der Waals surface area (Å²) in [6.45, 7) is 2.05. The molecule has 0 radical (unpaired) electrons. The number of nitrogens with zero attached hydrogens (tertiary/aromatic N) is 2. The molecule has 0 aliphatic carbocycles. The summed E-state index contributed by atoms with van der Waals surface area (Å²) < 4.78 is 7.33. The van der Waals surface area contributed by atoms with Gasteiger partial charge >= 0.3 is 0 Å². The highest BCUT2D eigenvalue weighted by Gasteiger charge is 2.21. The molecule has 1 saturated heterocycles. The van der Waals surface area contributed by atoms with Crippen molar-refractivity contribution in [3.8, 4) is 11.4 Å². The third-order valence-electron chi connectivity index (χ3n) is 3.56. The van der Waals surface area contributed by atoms with Gasteiger partial charge in [0, 0.05) is 30.4 Å². The van der Waals surface area contributed by atoms with Crippen molar-refractivity contribution in [3.63, 3.8) is 0 Å². The minimum absolute atomic E-state index is 0.491. The SMILES string of the molecule is COc1ccc(Cl)c(-n2cncc2C2CCNC2)c1. The van der Waals surface area contributed by atoms with Crippen LogP contribution in [0.15, 0.2) is 30.7 Å². The Bertz CT molecular complexity index is 576. The first-order chi connectivity index (χ1) is 9.29. The maximum absolute atomic E-state index is 6.30. The van der Waals surface area contributed by atoms with Crippen molar-refractivity contribution in [2.24, 2.45) is 0 Å². The number of aromatic nitrogens is 2. The number of imidazole rings is 1. The van der Waals surface area contributed by atoms with Gasteiger partial charge in [0.1, 0.15) is 5.75 Å². The van der Waals surface area contributed by atoms with Crippen LogP contribution >= 0.6 is 11.6 Å². The number of benzene rings is 1. The van der Waals surface area contributed by atoms with Crippen molar-refractivity contribution in [2.45, 2.75) is 12.3 Å². The zero-order chi connectivity index (χ0) is 13.2. The molecule has 1 fully saturated rings. The van der Waals surface area contributed by atoms with E-state index in [1.165, 1.54) is 5.69 Å². The molecule has 2 aromatic rings. The number of halogens is 1. The quantitative estimate of drug-likeness (QED) is 0.937. The Kier molecular flexibility index (Phi) is 3.44. The Balaban J connectivity index is 2.04. The van der Waals surface area contributed by atoms with Crippen molar-refractivity contribution in [1.29, 1.82) is 0 Å². The zero-order valence-electron chi connectivity index (χ0n) is 10.8. The van der Waals surface area contributed by atoms with Gasteiger partial charge in [0.25, 0.3) is 0 Å². The van der Waals surface area contributed by atoms with E-state index in [9.17, 15) is 0 Å². The normalized spacial score (nSPS) is 18.7. The smallest absolute Gasteiger partial charge is 0.121 e. The molecule has 1 N–H and O–H groups in total. The van der Waals surface area contributed by atoms with E-state index in [1.54, 1.807) is 7.11 Å². The van der Waals surface area contributed by atoms with E-state index in [1.807, 2.05) is 30.7 Å². The molecule has 19 heavy (non-hydrogen) atoms. The molecule has 0 amide bonds. The lowest BCUT2D eigenvalue weighted by Gasteiger charge is -2.14. The summed E-state index contributed by atoms with van der Waals surface area (Å²) in [5.41, 5.74) is 2.11. The first-order valence-electron chi connectivity index (χ1n) is 6.36. The molecule has 1 aromatic heterocycles. The van der Waals surface area contributed by atoms with Crippen molar-refractivity contribution in [3.05, 3.63) is 41.4 Å². The van der Waals surface area contributed by atoms with Gasteiger partial charge in [-0.1, -0.05) is 11.6 Å². The van der Waals surface area contributed by atoms with Crippen LogP contribution in [-0.4, -0.2) is 29.8 Å². The third kappa shape index (κ3) is 2.33. The summed E-state index contributed by atoms with van der Waals surface area (Å²) in [6.07, 6.45) is 4.87. The summed E-state index contributed by atoms with van der Waals surface area (Å²) in [4.78, 5) is 4.28. The van der Waals surface area contributed by atoms with Crippen molar-refractivity contribution < 1.29 is 4.74 Å². The van der Waals surface area contributed by atoms with Crippen LogP contribution in [0.25, 0.3) is 5.69 Å². The molecule has 4 nitrogen and oxygen atoms in total. The van der Waals surface area contributed by atoms with Crippen molar-refractivity contribution >= 4 is 11.6 Å². The van der Waals surface area contributed by atoms with Crippen LogP contribution in [0.5, 0.6) is 5.75 Å². The second kappa shape index (κ2) is 5.23. The maximum Gasteiger partial charge on any atom is 0.121 e. The second-order valence-electron chi connectivity index (χ2n) is 4.70. The summed E-state index contributed by atoms with van der Waals surface area (Å²) >= 11 is 6.30. The molecule has 1 atom stereocenters. The van der Waals surface area contributed by atoms with Gasteiger partial charge in [-0.3, -0.25) is 0 Å². The summed E-state index contributed by atoms with van der Waals surface area (Å²) in [6, 6.07) is 5.65. The Morgan fingerprint density at radius 1 is 1.47 bits per heavy atom. The van der Waals surface area contributed by atoms with E-state index >= 15 is 0 Å².